The molecular weight excluding hydrogens is 305 g/mol. The predicted molar refractivity (Wildman–Crippen MR) is 72.7 cm³/mol. The summed E-state index contributed by atoms with van der Waals surface area (Å²) in [6.07, 6.45) is -3.58. The number of rotatable bonds is 6. The van der Waals surface area contributed by atoms with Crippen LogP contribution in [0.25, 0.3) is 0 Å². The molecule has 1 aromatic carbocycles. The molecule has 2 rings (SSSR count). The Labute approximate surface area is 121 Å². The van der Waals surface area contributed by atoms with Gasteiger partial charge in [0.2, 0.25) is 10.0 Å². The number of benzene rings is 1. The van der Waals surface area contributed by atoms with Crippen LogP contribution in [0.1, 0.15) is 24.0 Å². The first-order valence-electron chi connectivity index (χ1n) is 6.56. The van der Waals surface area contributed by atoms with Crippen LogP contribution in [0, 0.1) is 0 Å². The summed E-state index contributed by atoms with van der Waals surface area (Å²) in [6, 6.07) is 6.10. The van der Waals surface area contributed by atoms with Gasteiger partial charge in [0.1, 0.15) is 6.54 Å². The van der Waals surface area contributed by atoms with Gasteiger partial charge in [0.25, 0.3) is 0 Å². The van der Waals surface area contributed by atoms with Crippen LogP contribution in [-0.2, 0) is 22.3 Å². The molecule has 4 nitrogen and oxygen atoms in total. The molecule has 1 fully saturated rings. The molecule has 0 heterocycles. The van der Waals surface area contributed by atoms with E-state index >= 15 is 0 Å². The number of nitrogens with zero attached hydrogens (tertiary/aromatic N) is 1. The maximum Gasteiger partial charge on any atom is 0.402 e. The van der Waals surface area contributed by atoms with Crippen molar-refractivity contribution in [2.45, 2.75) is 37.4 Å². The molecule has 0 aliphatic heterocycles. The van der Waals surface area contributed by atoms with Gasteiger partial charge in [-0.05, 0) is 24.0 Å². The van der Waals surface area contributed by atoms with Crippen molar-refractivity contribution < 1.29 is 21.6 Å². The first-order valence-corrected chi connectivity index (χ1v) is 8.17. The Kier molecular flexibility index (Phi) is 4.60. The fourth-order valence-electron chi connectivity index (χ4n) is 2.17. The molecule has 1 aliphatic carbocycles. The van der Waals surface area contributed by atoms with E-state index in [-0.39, 0.29) is 6.54 Å². The summed E-state index contributed by atoms with van der Waals surface area (Å²) in [5.74, 6) is -0.451. The standard InChI is InChI=1S/C13H17F3N2O2S/c14-13(15,16)9-18(12-5-6-12)21(19,20)8-11-4-2-1-3-10(11)7-17/h1-4,12H,5-9,17H2. The minimum Gasteiger partial charge on any atom is -0.326 e. The van der Waals surface area contributed by atoms with Gasteiger partial charge in [0, 0.05) is 12.6 Å². The van der Waals surface area contributed by atoms with Crippen molar-refractivity contribution in [3.63, 3.8) is 0 Å². The SMILES string of the molecule is NCc1ccccc1CS(=O)(=O)N(CC(F)(F)F)C1CC1. The zero-order valence-corrected chi connectivity index (χ0v) is 12.1. The second-order valence-electron chi connectivity index (χ2n) is 5.12. The normalized spacial score (nSPS) is 16.4. The summed E-state index contributed by atoms with van der Waals surface area (Å²) in [7, 11) is -4.02. The molecule has 1 aliphatic rings. The van der Waals surface area contributed by atoms with Gasteiger partial charge in [0.05, 0.1) is 5.75 Å². The molecule has 8 heteroatoms. The van der Waals surface area contributed by atoms with Crippen molar-refractivity contribution in [3.05, 3.63) is 35.4 Å². The number of nitrogens with two attached hydrogens (primary N) is 1. The third-order valence-electron chi connectivity index (χ3n) is 3.32. The van der Waals surface area contributed by atoms with Crippen molar-refractivity contribution in [3.8, 4) is 0 Å². The van der Waals surface area contributed by atoms with Crippen LogP contribution in [0.15, 0.2) is 24.3 Å². The van der Waals surface area contributed by atoms with E-state index in [1.807, 2.05) is 0 Å². The lowest BCUT2D eigenvalue weighted by Crippen LogP contribution is -2.41. The molecule has 0 saturated heterocycles. The lowest BCUT2D eigenvalue weighted by Gasteiger charge is -2.23. The molecule has 2 N–H and O–H groups in total. The molecule has 1 aromatic rings. The van der Waals surface area contributed by atoms with Crippen molar-refractivity contribution >= 4 is 10.0 Å². The Morgan fingerprint density at radius 3 is 2.24 bits per heavy atom. The van der Waals surface area contributed by atoms with Gasteiger partial charge in [-0.2, -0.15) is 17.5 Å². The fraction of sp³-hybridized carbons (Fsp3) is 0.538. The lowest BCUT2D eigenvalue weighted by molar-refractivity contribution is -0.137. The second kappa shape index (κ2) is 5.94. The third-order valence-corrected chi connectivity index (χ3v) is 5.14. The average molecular weight is 322 g/mol. The highest BCUT2D eigenvalue weighted by Gasteiger charge is 2.44. The molecular formula is C13H17F3N2O2S. The Balaban J connectivity index is 2.23. The molecule has 0 bridgehead atoms. The van der Waals surface area contributed by atoms with Gasteiger partial charge in [-0.15, -0.1) is 0 Å². The average Bonchev–Trinajstić information content (AvgIpc) is 3.19. The number of hydrogen-bond donors (Lipinski definition) is 1. The molecule has 0 spiro atoms. The number of halogens is 3. The Morgan fingerprint density at radius 2 is 1.76 bits per heavy atom. The van der Waals surface area contributed by atoms with Crippen molar-refractivity contribution in [1.82, 2.24) is 4.31 Å². The van der Waals surface area contributed by atoms with Gasteiger partial charge >= 0.3 is 6.18 Å². The van der Waals surface area contributed by atoms with E-state index in [4.69, 9.17) is 5.73 Å². The van der Waals surface area contributed by atoms with Crippen LogP contribution >= 0.6 is 0 Å². The maximum absolute atomic E-state index is 12.6. The van der Waals surface area contributed by atoms with E-state index in [0.717, 1.165) is 0 Å². The van der Waals surface area contributed by atoms with E-state index in [2.05, 4.69) is 0 Å². The largest absolute Gasteiger partial charge is 0.402 e. The smallest absolute Gasteiger partial charge is 0.326 e. The summed E-state index contributed by atoms with van der Waals surface area (Å²) < 4.78 is 63.0. The monoisotopic (exact) mass is 322 g/mol. The third kappa shape index (κ3) is 4.42. The van der Waals surface area contributed by atoms with E-state index in [9.17, 15) is 21.6 Å². The van der Waals surface area contributed by atoms with Crippen LogP contribution < -0.4 is 5.73 Å². The quantitative estimate of drug-likeness (QED) is 0.871. The van der Waals surface area contributed by atoms with Crippen LogP contribution in [0.2, 0.25) is 0 Å². The predicted octanol–water partition coefficient (Wildman–Crippen LogP) is 2.00. The highest BCUT2D eigenvalue weighted by atomic mass is 32.2. The summed E-state index contributed by atoms with van der Waals surface area (Å²) in [5, 5.41) is 0. The van der Waals surface area contributed by atoms with Gasteiger partial charge < -0.3 is 5.73 Å². The maximum atomic E-state index is 12.6. The van der Waals surface area contributed by atoms with Crippen molar-refractivity contribution in [1.29, 1.82) is 0 Å². The minimum atomic E-state index is -4.54. The number of alkyl halides is 3. The Morgan fingerprint density at radius 1 is 1.19 bits per heavy atom. The minimum absolute atomic E-state index is 0.147. The molecule has 118 valence electrons. The molecule has 0 amide bonds. The molecule has 21 heavy (non-hydrogen) atoms. The van der Waals surface area contributed by atoms with E-state index < -0.39 is 34.5 Å². The zero-order chi connectivity index (χ0) is 15.7. The van der Waals surface area contributed by atoms with E-state index in [0.29, 0.717) is 28.3 Å². The Bertz CT molecular complexity index is 598. The second-order valence-corrected chi connectivity index (χ2v) is 7.04. The van der Waals surface area contributed by atoms with Gasteiger partial charge in [-0.25, -0.2) is 8.42 Å². The summed E-state index contributed by atoms with van der Waals surface area (Å²) in [5.41, 5.74) is 6.61. The molecule has 0 aromatic heterocycles. The van der Waals surface area contributed by atoms with E-state index in [1.54, 1.807) is 24.3 Å². The molecule has 1 saturated carbocycles. The van der Waals surface area contributed by atoms with Gasteiger partial charge in [0.15, 0.2) is 0 Å². The topological polar surface area (TPSA) is 63.4 Å². The first-order chi connectivity index (χ1) is 9.73. The van der Waals surface area contributed by atoms with Crippen LogP contribution in [0.5, 0.6) is 0 Å². The number of sulfonamides is 1. The Hall–Kier alpha value is -1.12. The van der Waals surface area contributed by atoms with Gasteiger partial charge in [-0.1, -0.05) is 24.3 Å². The van der Waals surface area contributed by atoms with Crippen LogP contribution in [0.3, 0.4) is 0 Å². The molecule has 0 atom stereocenters. The van der Waals surface area contributed by atoms with E-state index in [1.165, 1.54) is 0 Å². The summed E-state index contributed by atoms with van der Waals surface area (Å²) >= 11 is 0. The van der Waals surface area contributed by atoms with Crippen LogP contribution in [-0.4, -0.2) is 31.5 Å². The van der Waals surface area contributed by atoms with Crippen molar-refractivity contribution in [2.24, 2.45) is 5.73 Å². The first kappa shape index (κ1) is 16.3. The number of hydrogen-bond acceptors (Lipinski definition) is 3. The highest BCUT2D eigenvalue weighted by molar-refractivity contribution is 7.88. The fourth-order valence-corrected chi connectivity index (χ4v) is 4.02. The molecule has 0 unspecified atom stereocenters. The van der Waals surface area contributed by atoms with Crippen LogP contribution in [0.4, 0.5) is 13.2 Å². The van der Waals surface area contributed by atoms with Crippen molar-refractivity contribution in [2.75, 3.05) is 6.54 Å². The lowest BCUT2D eigenvalue weighted by atomic mass is 10.1. The van der Waals surface area contributed by atoms with Gasteiger partial charge in [-0.3, -0.25) is 0 Å². The summed E-state index contributed by atoms with van der Waals surface area (Å²) in [6.45, 7) is -1.28. The zero-order valence-electron chi connectivity index (χ0n) is 11.3. The molecule has 0 radical (unpaired) electrons. The summed E-state index contributed by atoms with van der Waals surface area (Å²) in [4.78, 5) is 0. The highest BCUT2D eigenvalue weighted by Crippen LogP contribution is 2.33.